The van der Waals surface area contributed by atoms with Gasteiger partial charge in [0.05, 0.1) is 13.0 Å². The molecule has 1 aliphatic heterocycles. The van der Waals surface area contributed by atoms with E-state index in [0.717, 1.165) is 19.5 Å². The lowest BCUT2D eigenvalue weighted by Gasteiger charge is -2.36. The lowest BCUT2D eigenvalue weighted by molar-refractivity contribution is -0.143. The number of nitrogens with zero attached hydrogens (tertiary/aromatic N) is 1. The van der Waals surface area contributed by atoms with Gasteiger partial charge in [-0.25, -0.2) is 0 Å². The first-order chi connectivity index (χ1) is 8.02. The summed E-state index contributed by atoms with van der Waals surface area (Å²) in [6, 6.07) is 0.723. The molecule has 1 N–H and O–H groups in total. The van der Waals surface area contributed by atoms with E-state index in [4.69, 9.17) is 4.74 Å². The Labute approximate surface area is 105 Å². The first-order valence-corrected chi connectivity index (χ1v) is 6.63. The van der Waals surface area contributed by atoms with Crippen LogP contribution >= 0.6 is 0 Å². The van der Waals surface area contributed by atoms with Crippen molar-refractivity contribution < 1.29 is 9.53 Å². The molecule has 0 amide bonds. The van der Waals surface area contributed by atoms with Crippen LogP contribution in [0.1, 0.15) is 33.6 Å². The number of ether oxygens (including phenoxy) is 1. The molecule has 0 bridgehead atoms. The maximum absolute atomic E-state index is 11.4. The van der Waals surface area contributed by atoms with Crippen LogP contribution in [0.15, 0.2) is 0 Å². The second kappa shape index (κ2) is 6.97. The Bertz CT molecular complexity index is 246. The summed E-state index contributed by atoms with van der Waals surface area (Å²) in [5, 5.41) is 3.55. The Morgan fingerprint density at radius 1 is 1.59 bits per heavy atom. The molecule has 0 aliphatic carbocycles. The van der Waals surface area contributed by atoms with Crippen LogP contribution < -0.4 is 5.32 Å². The molecule has 3 atom stereocenters. The Morgan fingerprint density at radius 3 is 2.88 bits per heavy atom. The SMILES string of the molecule is CCOC(=O)CC(C)NC1CCN(C)CC1C. The van der Waals surface area contributed by atoms with Crippen LogP contribution in [0.25, 0.3) is 0 Å². The monoisotopic (exact) mass is 242 g/mol. The minimum atomic E-state index is -0.104. The summed E-state index contributed by atoms with van der Waals surface area (Å²) in [6.45, 7) is 8.90. The molecule has 0 aromatic carbocycles. The zero-order valence-electron chi connectivity index (χ0n) is 11.5. The summed E-state index contributed by atoms with van der Waals surface area (Å²) >= 11 is 0. The predicted molar refractivity (Wildman–Crippen MR) is 68.9 cm³/mol. The number of carbonyl (C=O) groups excluding carboxylic acids is 1. The smallest absolute Gasteiger partial charge is 0.307 e. The normalized spacial score (nSPS) is 27.8. The maximum Gasteiger partial charge on any atom is 0.307 e. The second-order valence-corrected chi connectivity index (χ2v) is 5.21. The highest BCUT2D eigenvalue weighted by molar-refractivity contribution is 5.70. The fraction of sp³-hybridized carbons (Fsp3) is 0.923. The number of carbonyl (C=O) groups is 1. The molecule has 4 heteroatoms. The molecule has 17 heavy (non-hydrogen) atoms. The van der Waals surface area contributed by atoms with Gasteiger partial charge in [0, 0.05) is 18.6 Å². The van der Waals surface area contributed by atoms with Crippen LogP contribution in [0.3, 0.4) is 0 Å². The molecule has 0 spiro atoms. The second-order valence-electron chi connectivity index (χ2n) is 5.21. The van der Waals surface area contributed by atoms with E-state index in [1.807, 2.05) is 6.92 Å². The van der Waals surface area contributed by atoms with Crippen LogP contribution in [0.4, 0.5) is 0 Å². The minimum Gasteiger partial charge on any atom is -0.466 e. The van der Waals surface area contributed by atoms with E-state index < -0.39 is 0 Å². The third-order valence-corrected chi connectivity index (χ3v) is 3.39. The minimum absolute atomic E-state index is 0.104. The molecule has 0 aromatic rings. The molecule has 100 valence electrons. The van der Waals surface area contributed by atoms with Crippen molar-refractivity contribution in [3.05, 3.63) is 0 Å². The van der Waals surface area contributed by atoms with E-state index in [2.05, 4.69) is 31.1 Å². The van der Waals surface area contributed by atoms with Crippen LogP contribution in [0, 0.1) is 5.92 Å². The molecule has 1 heterocycles. The van der Waals surface area contributed by atoms with E-state index in [-0.39, 0.29) is 12.0 Å². The van der Waals surface area contributed by atoms with Gasteiger partial charge in [-0.1, -0.05) is 6.92 Å². The van der Waals surface area contributed by atoms with Crippen LogP contribution in [-0.2, 0) is 9.53 Å². The van der Waals surface area contributed by atoms with Crippen molar-refractivity contribution in [1.82, 2.24) is 10.2 Å². The number of nitrogens with one attached hydrogen (secondary N) is 1. The van der Waals surface area contributed by atoms with Gasteiger partial charge < -0.3 is 15.0 Å². The summed E-state index contributed by atoms with van der Waals surface area (Å²) in [5.74, 6) is 0.534. The number of esters is 1. The molecule has 1 saturated heterocycles. The summed E-state index contributed by atoms with van der Waals surface area (Å²) < 4.78 is 4.96. The molecule has 1 fully saturated rings. The molecule has 3 unspecified atom stereocenters. The van der Waals surface area contributed by atoms with Crippen molar-refractivity contribution in [2.45, 2.75) is 45.7 Å². The zero-order valence-corrected chi connectivity index (χ0v) is 11.5. The highest BCUT2D eigenvalue weighted by Gasteiger charge is 2.25. The van der Waals surface area contributed by atoms with E-state index in [9.17, 15) is 4.79 Å². The molecule has 0 radical (unpaired) electrons. The van der Waals surface area contributed by atoms with Crippen molar-refractivity contribution in [1.29, 1.82) is 0 Å². The van der Waals surface area contributed by atoms with Gasteiger partial charge in [0.25, 0.3) is 0 Å². The van der Waals surface area contributed by atoms with Crippen molar-refractivity contribution in [3.63, 3.8) is 0 Å². The molecule has 0 saturated carbocycles. The van der Waals surface area contributed by atoms with E-state index in [1.165, 1.54) is 0 Å². The fourth-order valence-corrected chi connectivity index (χ4v) is 2.50. The van der Waals surface area contributed by atoms with Gasteiger partial charge in [-0.3, -0.25) is 4.79 Å². The van der Waals surface area contributed by atoms with Gasteiger partial charge >= 0.3 is 5.97 Å². The van der Waals surface area contributed by atoms with Crippen molar-refractivity contribution >= 4 is 5.97 Å². The first-order valence-electron chi connectivity index (χ1n) is 6.63. The van der Waals surface area contributed by atoms with Crippen molar-refractivity contribution in [2.75, 3.05) is 26.7 Å². The Kier molecular flexibility index (Phi) is 5.92. The lowest BCUT2D eigenvalue weighted by atomic mass is 9.93. The van der Waals surface area contributed by atoms with Gasteiger partial charge in [0.1, 0.15) is 0 Å². The topological polar surface area (TPSA) is 41.6 Å². The summed E-state index contributed by atoms with van der Waals surface area (Å²) in [4.78, 5) is 13.7. The van der Waals surface area contributed by atoms with Gasteiger partial charge in [0.15, 0.2) is 0 Å². The third kappa shape index (κ3) is 5.04. The van der Waals surface area contributed by atoms with E-state index >= 15 is 0 Å². The van der Waals surface area contributed by atoms with Crippen LogP contribution in [0.2, 0.25) is 0 Å². The number of piperidine rings is 1. The molecule has 1 rings (SSSR count). The Morgan fingerprint density at radius 2 is 2.29 bits per heavy atom. The van der Waals surface area contributed by atoms with Crippen LogP contribution in [0.5, 0.6) is 0 Å². The largest absolute Gasteiger partial charge is 0.466 e. The highest BCUT2D eigenvalue weighted by Crippen LogP contribution is 2.16. The first kappa shape index (κ1) is 14.5. The predicted octanol–water partition coefficient (Wildman–Crippen LogP) is 1.26. The van der Waals surface area contributed by atoms with Gasteiger partial charge in [0.2, 0.25) is 0 Å². The average Bonchev–Trinajstić information content (AvgIpc) is 2.22. The molecule has 0 aromatic heterocycles. The fourth-order valence-electron chi connectivity index (χ4n) is 2.50. The van der Waals surface area contributed by atoms with Crippen molar-refractivity contribution in [2.24, 2.45) is 5.92 Å². The summed E-state index contributed by atoms with van der Waals surface area (Å²) in [7, 11) is 2.16. The number of hydrogen-bond donors (Lipinski definition) is 1. The summed E-state index contributed by atoms with van der Waals surface area (Å²) in [5.41, 5.74) is 0. The number of likely N-dealkylation sites (tertiary alicyclic amines) is 1. The van der Waals surface area contributed by atoms with Crippen molar-refractivity contribution in [3.8, 4) is 0 Å². The van der Waals surface area contributed by atoms with Gasteiger partial charge in [-0.05, 0) is 39.8 Å². The van der Waals surface area contributed by atoms with E-state index in [1.54, 1.807) is 0 Å². The Balaban J connectivity index is 2.30. The maximum atomic E-state index is 11.4. The molecule has 4 nitrogen and oxygen atoms in total. The third-order valence-electron chi connectivity index (χ3n) is 3.39. The molecular formula is C13H26N2O2. The standard InChI is InChI=1S/C13H26N2O2/c1-5-17-13(16)8-11(3)14-12-6-7-15(4)9-10(12)2/h10-12,14H,5-9H2,1-4H3. The molecular weight excluding hydrogens is 216 g/mol. The summed E-state index contributed by atoms with van der Waals surface area (Å²) in [6.07, 6.45) is 1.62. The van der Waals surface area contributed by atoms with E-state index in [0.29, 0.717) is 25.0 Å². The lowest BCUT2D eigenvalue weighted by Crippen LogP contribution is -2.50. The molecule has 1 aliphatic rings. The zero-order chi connectivity index (χ0) is 12.8. The average molecular weight is 242 g/mol. The quantitative estimate of drug-likeness (QED) is 0.737. The highest BCUT2D eigenvalue weighted by atomic mass is 16.5. The number of hydrogen-bond acceptors (Lipinski definition) is 4. The van der Waals surface area contributed by atoms with Gasteiger partial charge in [-0.2, -0.15) is 0 Å². The Hall–Kier alpha value is -0.610. The number of rotatable bonds is 5. The van der Waals surface area contributed by atoms with Crippen LogP contribution in [-0.4, -0.2) is 49.7 Å². The van der Waals surface area contributed by atoms with Gasteiger partial charge in [-0.15, -0.1) is 0 Å².